The van der Waals surface area contributed by atoms with Crippen LogP contribution < -0.4 is 5.32 Å². The first-order valence-corrected chi connectivity index (χ1v) is 10.1. The molecule has 2 N–H and O–H groups in total. The first-order valence-electron chi connectivity index (χ1n) is 10.1. The highest BCUT2D eigenvalue weighted by molar-refractivity contribution is 5.99. The number of allylic oxidation sites excluding steroid dienone is 2. The summed E-state index contributed by atoms with van der Waals surface area (Å²) < 4.78 is 5.48. The molecular formula is C23H30N4O2. The minimum absolute atomic E-state index is 0.236. The minimum Gasteiger partial charge on any atom is -0.508 e. The lowest BCUT2D eigenvalue weighted by Crippen LogP contribution is -2.35. The number of aliphatic imine (C=N–C) groups is 2. The molecule has 6 heteroatoms. The highest BCUT2D eigenvalue weighted by atomic mass is 16.5. The average molecular weight is 395 g/mol. The standard InChI is InChI=1S/C23H30N4O2/c1-18(24-11-9-21-7-3-4-10-25-21)16-23(27-12-14-29-15-13-27)26-19(2)20-6-5-8-22(28)17-20/h3,5-8,16-17,24,28H,1,4,9-15H2,2H3/b23-16+,26-19+. The summed E-state index contributed by atoms with van der Waals surface area (Å²) in [5.74, 6) is 1.08. The zero-order valence-corrected chi connectivity index (χ0v) is 17.1. The van der Waals surface area contributed by atoms with Crippen LogP contribution in [0.2, 0.25) is 0 Å². The van der Waals surface area contributed by atoms with Crippen molar-refractivity contribution in [1.29, 1.82) is 0 Å². The number of hydrogen-bond donors (Lipinski definition) is 2. The van der Waals surface area contributed by atoms with E-state index in [1.165, 1.54) is 0 Å². The topological polar surface area (TPSA) is 69.5 Å². The Morgan fingerprint density at radius 2 is 2.21 bits per heavy atom. The summed E-state index contributed by atoms with van der Waals surface area (Å²) in [5, 5.41) is 13.1. The number of rotatable bonds is 8. The Balaban J connectivity index is 1.70. The van der Waals surface area contributed by atoms with Crippen LogP contribution in [-0.4, -0.2) is 60.8 Å². The van der Waals surface area contributed by atoms with Crippen LogP contribution in [0.15, 0.2) is 70.6 Å². The number of aromatic hydroxyl groups is 1. The van der Waals surface area contributed by atoms with E-state index in [1.54, 1.807) is 12.1 Å². The largest absolute Gasteiger partial charge is 0.508 e. The Labute approximate surface area is 173 Å². The maximum absolute atomic E-state index is 9.76. The minimum atomic E-state index is 0.236. The molecule has 6 nitrogen and oxygen atoms in total. The number of dihydropyridines is 1. The summed E-state index contributed by atoms with van der Waals surface area (Å²) in [5.41, 5.74) is 3.68. The number of phenolic OH excluding ortho intramolecular Hbond substituents is 1. The van der Waals surface area contributed by atoms with Gasteiger partial charge in [-0.1, -0.05) is 24.8 Å². The molecule has 3 rings (SSSR count). The normalized spacial score (nSPS) is 17.8. The molecule has 0 amide bonds. The molecule has 2 aliphatic heterocycles. The molecule has 0 aliphatic carbocycles. The molecule has 1 aromatic rings. The molecule has 154 valence electrons. The second-order valence-corrected chi connectivity index (χ2v) is 7.12. The van der Waals surface area contributed by atoms with Crippen molar-refractivity contribution in [2.45, 2.75) is 19.8 Å². The van der Waals surface area contributed by atoms with Crippen LogP contribution in [0.5, 0.6) is 5.75 Å². The highest BCUT2D eigenvalue weighted by Crippen LogP contribution is 2.16. The van der Waals surface area contributed by atoms with E-state index in [2.05, 4.69) is 33.9 Å². The summed E-state index contributed by atoms with van der Waals surface area (Å²) in [7, 11) is 0. The maximum atomic E-state index is 9.76. The number of ether oxygens (including phenoxy) is 1. The van der Waals surface area contributed by atoms with E-state index < -0.39 is 0 Å². The van der Waals surface area contributed by atoms with Crippen molar-refractivity contribution >= 4 is 11.4 Å². The van der Waals surface area contributed by atoms with Gasteiger partial charge >= 0.3 is 0 Å². The number of phenols is 1. The maximum Gasteiger partial charge on any atom is 0.131 e. The number of morpholine rings is 1. The molecule has 1 fully saturated rings. The fraction of sp³-hybridized carbons (Fsp3) is 0.391. The molecule has 29 heavy (non-hydrogen) atoms. The Morgan fingerprint density at radius 3 is 2.93 bits per heavy atom. The van der Waals surface area contributed by atoms with Gasteiger partial charge < -0.3 is 20.1 Å². The quantitative estimate of drug-likeness (QED) is 0.524. The Bertz CT molecular complexity index is 833. The van der Waals surface area contributed by atoms with E-state index in [1.807, 2.05) is 25.1 Å². The van der Waals surface area contributed by atoms with Crippen molar-refractivity contribution in [2.24, 2.45) is 9.98 Å². The van der Waals surface area contributed by atoms with Gasteiger partial charge in [0.05, 0.1) is 13.2 Å². The van der Waals surface area contributed by atoms with Gasteiger partial charge in [-0.05, 0) is 37.1 Å². The third-order valence-corrected chi connectivity index (χ3v) is 4.84. The van der Waals surface area contributed by atoms with Crippen molar-refractivity contribution in [3.05, 3.63) is 66.2 Å². The second-order valence-electron chi connectivity index (χ2n) is 7.12. The van der Waals surface area contributed by atoms with E-state index in [-0.39, 0.29) is 5.75 Å². The van der Waals surface area contributed by atoms with Gasteiger partial charge in [-0.2, -0.15) is 0 Å². The molecule has 2 aliphatic rings. The van der Waals surface area contributed by atoms with Gasteiger partial charge in [0.15, 0.2) is 0 Å². The second kappa shape index (κ2) is 10.6. The predicted molar refractivity (Wildman–Crippen MR) is 119 cm³/mol. The molecule has 2 heterocycles. The number of benzene rings is 1. The van der Waals surface area contributed by atoms with Gasteiger partial charge in [0.25, 0.3) is 0 Å². The number of hydrogen-bond acceptors (Lipinski definition) is 6. The van der Waals surface area contributed by atoms with Crippen LogP contribution in [0.1, 0.15) is 25.3 Å². The van der Waals surface area contributed by atoms with Gasteiger partial charge in [0, 0.05) is 55.8 Å². The third-order valence-electron chi connectivity index (χ3n) is 4.84. The van der Waals surface area contributed by atoms with E-state index in [9.17, 15) is 5.11 Å². The molecule has 0 atom stereocenters. The number of nitrogens with zero attached hydrogens (tertiary/aromatic N) is 3. The van der Waals surface area contributed by atoms with Gasteiger partial charge in [0.1, 0.15) is 11.6 Å². The van der Waals surface area contributed by atoms with Crippen molar-refractivity contribution in [3.8, 4) is 5.75 Å². The van der Waals surface area contributed by atoms with Crippen LogP contribution >= 0.6 is 0 Å². The van der Waals surface area contributed by atoms with E-state index in [4.69, 9.17) is 9.73 Å². The lowest BCUT2D eigenvalue weighted by atomic mass is 10.1. The van der Waals surface area contributed by atoms with Crippen molar-refractivity contribution in [3.63, 3.8) is 0 Å². The average Bonchev–Trinajstić information content (AvgIpc) is 2.74. The van der Waals surface area contributed by atoms with E-state index in [0.29, 0.717) is 13.2 Å². The van der Waals surface area contributed by atoms with Crippen LogP contribution in [0.25, 0.3) is 0 Å². The molecular weight excluding hydrogens is 364 g/mol. The van der Waals surface area contributed by atoms with Crippen molar-refractivity contribution < 1.29 is 9.84 Å². The van der Waals surface area contributed by atoms with E-state index in [0.717, 1.165) is 67.5 Å². The first-order chi connectivity index (χ1) is 14.1. The van der Waals surface area contributed by atoms with Gasteiger partial charge in [-0.25, -0.2) is 4.99 Å². The molecule has 0 radical (unpaired) electrons. The summed E-state index contributed by atoms with van der Waals surface area (Å²) in [4.78, 5) is 11.6. The summed E-state index contributed by atoms with van der Waals surface area (Å²) in [6, 6.07) is 7.15. The fourth-order valence-electron chi connectivity index (χ4n) is 3.23. The van der Waals surface area contributed by atoms with Gasteiger partial charge in [-0.15, -0.1) is 0 Å². The first kappa shape index (κ1) is 20.9. The molecule has 1 saturated heterocycles. The Hall–Kier alpha value is -2.86. The van der Waals surface area contributed by atoms with Gasteiger partial charge in [0.2, 0.25) is 0 Å². The molecule has 0 spiro atoms. The van der Waals surface area contributed by atoms with Crippen LogP contribution in [0, 0.1) is 0 Å². The molecule has 0 unspecified atom stereocenters. The van der Waals surface area contributed by atoms with Crippen LogP contribution in [0.3, 0.4) is 0 Å². The fourth-order valence-corrected chi connectivity index (χ4v) is 3.23. The van der Waals surface area contributed by atoms with Crippen LogP contribution in [0.4, 0.5) is 0 Å². The van der Waals surface area contributed by atoms with Crippen LogP contribution in [-0.2, 0) is 4.74 Å². The highest BCUT2D eigenvalue weighted by Gasteiger charge is 2.14. The predicted octanol–water partition coefficient (Wildman–Crippen LogP) is 3.27. The Kier molecular flexibility index (Phi) is 7.64. The van der Waals surface area contributed by atoms with E-state index >= 15 is 0 Å². The monoisotopic (exact) mass is 394 g/mol. The van der Waals surface area contributed by atoms with Crippen molar-refractivity contribution in [1.82, 2.24) is 10.2 Å². The van der Waals surface area contributed by atoms with Gasteiger partial charge in [-0.3, -0.25) is 4.99 Å². The third kappa shape index (κ3) is 6.61. The van der Waals surface area contributed by atoms with Crippen molar-refractivity contribution in [2.75, 3.05) is 39.4 Å². The zero-order chi connectivity index (χ0) is 20.5. The lowest BCUT2D eigenvalue weighted by molar-refractivity contribution is 0.0531. The molecule has 0 bridgehead atoms. The molecule has 0 aromatic heterocycles. The summed E-state index contributed by atoms with van der Waals surface area (Å²) >= 11 is 0. The molecule has 1 aromatic carbocycles. The SMILES string of the molecule is C=C(/C=C(\N=C(/C)c1cccc(O)c1)N1CCOCC1)NCCC1=NCCC=C1. The zero-order valence-electron chi connectivity index (χ0n) is 17.1. The number of nitrogens with one attached hydrogen (secondary N) is 1. The summed E-state index contributed by atoms with van der Waals surface area (Å²) in [6.45, 7) is 10.7. The molecule has 0 saturated carbocycles. The Morgan fingerprint density at radius 1 is 1.38 bits per heavy atom. The summed E-state index contributed by atoms with van der Waals surface area (Å²) in [6.07, 6.45) is 8.17. The smallest absolute Gasteiger partial charge is 0.131 e. The lowest BCUT2D eigenvalue weighted by Gasteiger charge is -2.29.